The van der Waals surface area contributed by atoms with Crippen LogP contribution in [0.1, 0.15) is 12.5 Å². The lowest BCUT2D eigenvalue weighted by Crippen LogP contribution is -2.46. The van der Waals surface area contributed by atoms with Crippen LogP contribution < -0.4 is 5.32 Å². The molecule has 4 heteroatoms. The average molecular weight is 273 g/mol. The Kier molecular flexibility index (Phi) is 3.85. The molecule has 1 saturated heterocycles. The van der Waals surface area contributed by atoms with Crippen molar-refractivity contribution in [2.75, 3.05) is 6.61 Å². The van der Waals surface area contributed by atoms with Gasteiger partial charge >= 0.3 is 5.97 Å². The van der Waals surface area contributed by atoms with E-state index in [0.29, 0.717) is 6.61 Å². The fourth-order valence-corrected chi connectivity index (χ4v) is 2.90. The fraction of sp³-hybridized carbons (Fsp3) is 0.438. The summed E-state index contributed by atoms with van der Waals surface area (Å²) < 4.78 is 10.9. The third-order valence-corrected chi connectivity index (χ3v) is 3.84. The van der Waals surface area contributed by atoms with Gasteiger partial charge in [0.05, 0.1) is 24.9 Å². The van der Waals surface area contributed by atoms with Gasteiger partial charge in [-0.2, -0.15) is 0 Å². The predicted molar refractivity (Wildman–Crippen MR) is 75.0 cm³/mol. The normalized spacial score (nSPS) is 30.6. The minimum Gasteiger partial charge on any atom is -0.466 e. The predicted octanol–water partition coefficient (Wildman–Crippen LogP) is 1.66. The van der Waals surface area contributed by atoms with Crippen LogP contribution >= 0.6 is 0 Å². The van der Waals surface area contributed by atoms with Gasteiger partial charge in [-0.1, -0.05) is 42.5 Å². The summed E-state index contributed by atoms with van der Waals surface area (Å²) in [5, 5.41) is 3.44. The molecule has 4 atom stereocenters. The first-order chi connectivity index (χ1) is 9.79. The second-order valence-corrected chi connectivity index (χ2v) is 5.12. The van der Waals surface area contributed by atoms with Gasteiger partial charge in [-0.3, -0.25) is 4.79 Å². The molecule has 20 heavy (non-hydrogen) atoms. The fourth-order valence-electron chi connectivity index (χ4n) is 2.90. The standard InChI is InChI=1S/C16H19NO3/c1-2-19-16(18)14-12-8-9-13(20-12)15(14)17-10-11-6-4-3-5-7-11/h3-9,12-15,17H,2,10H2,1H3/t12-,13+,14-,15-/m1/s1. The minimum absolute atomic E-state index is 0.00995. The summed E-state index contributed by atoms with van der Waals surface area (Å²) in [7, 11) is 0. The van der Waals surface area contributed by atoms with E-state index >= 15 is 0 Å². The number of nitrogens with one attached hydrogen (secondary N) is 1. The SMILES string of the molecule is CCOC(=O)[C@H]1[C@H](NCc2ccccc2)[C@@H]2C=C[C@H]1O2. The van der Waals surface area contributed by atoms with E-state index in [9.17, 15) is 4.79 Å². The van der Waals surface area contributed by atoms with Gasteiger partial charge in [0.25, 0.3) is 0 Å². The van der Waals surface area contributed by atoms with E-state index in [-0.39, 0.29) is 30.1 Å². The zero-order valence-corrected chi connectivity index (χ0v) is 11.5. The van der Waals surface area contributed by atoms with Gasteiger partial charge in [0.1, 0.15) is 5.92 Å². The van der Waals surface area contributed by atoms with Gasteiger partial charge in [-0.05, 0) is 12.5 Å². The smallest absolute Gasteiger partial charge is 0.313 e. The maximum Gasteiger partial charge on any atom is 0.313 e. The molecule has 2 bridgehead atoms. The highest BCUT2D eigenvalue weighted by Crippen LogP contribution is 2.35. The van der Waals surface area contributed by atoms with Crippen molar-refractivity contribution in [3.05, 3.63) is 48.0 Å². The van der Waals surface area contributed by atoms with Gasteiger partial charge in [-0.15, -0.1) is 0 Å². The van der Waals surface area contributed by atoms with Crippen molar-refractivity contribution in [1.29, 1.82) is 0 Å². The minimum atomic E-state index is -0.242. The van der Waals surface area contributed by atoms with Crippen molar-refractivity contribution < 1.29 is 14.3 Å². The van der Waals surface area contributed by atoms with E-state index in [4.69, 9.17) is 9.47 Å². The third-order valence-electron chi connectivity index (χ3n) is 3.84. The van der Waals surface area contributed by atoms with Crippen molar-refractivity contribution in [2.45, 2.75) is 31.7 Å². The van der Waals surface area contributed by atoms with Crippen LogP contribution in [0.4, 0.5) is 0 Å². The average Bonchev–Trinajstić information content (AvgIpc) is 3.07. The lowest BCUT2D eigenvalue weighted by atomic mass is 9.89. The molecule has 0 aliphatic carbocycles. The summed E-state index contributed by atoms with van der Waals surface area (Å²) in [6.45, 7) is 2.96. The molecule has 0 unspecified atom stereocenters. The maximum absolute atomic E-state index is 12.1. The van der Waals surface area contributed by atoms with E-state index in [1.807, 2.05) is 37.3 Å². The molecule has 2 aliphatic rings. The van der Waals surface area contributed by atoms with Gasteiger partial charge in [0.15, 0.2) is 0 Å². The van der Waals surface area contributed by atoms with Crippen molar-refractivity contribution in [3.63, 3.8) is 0 Å². The van der Waals surface area contributed by atoms with E-state index in [2.05, 4.69) is 17.4 Å². The first-order valence-corrected chi connectivity index (χ1v) is 7.07. The molecule has 106 valence electrons. The molecule has 1 aromatic carbocycles. The number of esters is 1. The van der Waals surface area contributed by atoms with Crippen molar-refractivity contribution >= 4 is 5.97 Å². The topological polar surface area (TPSA) is 47.6 Å². The first kappa shape index (κ1) is 13.3. The molecule has 1 aromatic rings. The number of fused-ring (bicyclic) bond motifs is 2. The lowest BCUT2D eigenvalue weighted by molar-refractivity contribution is -0.149. The van der Waals surface area contributed by atoms with E-state index in [0.717, 1.165) is 6.54 Å². The largest absolute Gasteiger partial charge is 0.466 e. The molecule has 1 fully saturated rings. The van der Waals surface area contributed by atoms with Crippen LogP contribution in [0.3, 0.4) is 0 Å². The molecule has 2 aliphatic heterocycles. The molecule has 4 nitrogen and oxygen atoms in total. The number of ether oxygens (including phenoxy) is 2. The van der Waals surface area contributed by atoms with Crippen molar-refractivity contribution in [3.8, 4) is 0 Å². The van der Waals surface area contributed by atoms with E-state index in [1.54, 1.807) is 0 Å². The van der Waals surface area contributed by atoms with Gasteiger partial charge in [0.2, 0.25) is 0 Å². The highest BCUT2D eigenvalue weighted by atomic mass is 16.5. The zero-order chi connectivity index (χ0) is 13.9. The Morgan fingerprint density at radius 3 is 2.75 bits per heavy atom. The highest BCUT2D eigenvalue weighted by Gasteiger charge is 2.50. The summed E-state index contributed by atoms with van der Waals surface area (Å²) in [5.41, 5.74) is 1.20. The molecule has 0 radical (unpaired) electrons. The monoisotopic (exact) mass is 273 g/mol. The number of hydrogen-bond donors (Lipinski definition) is 1. The first-order valence-electron chi connectivity index (χ1n) is 7.07. The van der Waals surface area contributed by atoms with Crippen molar-refractivity contribution in [2.24, 2.45) is 5.92 Å². The molecular weight excluding hydrogens is 254 g/mol. The number of carbonyl (C=O) groups is 1. The zero-order valence-electron chi connectivity index (χ0n) is 11.5. The van der Waals surface area contributed by atoms with Crippen LogP contribution in [0.15, 0.2) is 42.5 Å². The molecule has 0 spiro atoms. The maximum atomic E-state index is 12.1. The van der Waals surface area contributed by atoms with Gasteiger partial charge in [0, 0.05) is 6.54 Å². The van der Waals surface area contributed by atoms with Gasteiger partial charge < -0.3 is 14.8 Å². The number of hydrogen-bond acceptors (Lipinski definition) is 4. The molecule has 0 aromatic heterocycles. The van der Waals surface area contributed by atoms with Crippen LogP contribution in [0, 0.1) is 5.92 Å². The Morgan fingerprint density at radius 1 is 1.25 bits per heavy atom. The quantitative estimate of drug-likeness (QED) is 0.655. The summed E-state index contributed by atoms with van der Waals surface area (Å²) in [6, 6.07) is 10.1. The third kappa shape index (κ3) is 2.49. The summed E-state index contributed by atoms with van der Waals surface area (Å²) in [5.74, 6) is -0.413. The second-order valence-electron chi connectivity index (χ2n) is 5.12. The molecule has 0 amide bonds. The number of benzene rings is 1. The van der Waals surface area contributed by atoms with Gasteiger partial charge in [-0.25, -0.2) is 0 Å². The summed E-state index contributed by atoms with van der Waals surface area (Å²) in [6.07, 6.45) is 3.82. The Morgan fingerprint density at radius 2 is 2.00 bits per heavy atom. The van der Waals surface area contributed by atoms with Crippen LogP contribution in [0.2, 0.25) is 0 Å². The van der Waals surface area contributed by atoms with Crippen LogP contribution in [0.25, 0.3) is 0 Å². The highest BCUT2D eigenvalue weighted by molar-refractivity contribution is 5.75. The molecular formula is C16H19NO3. The second kappa shape index (κ2) is 5.77. The van der Waals surface area contributed by atoms with Crippen LogP contribution in [-0.4, -0.2) is 30.8 Å². The number of rotatable bonds is 5. The van der Waals surface area contributed by atoms with Crippen molar-refractivity contribution in [1.82, 2.24) is 5.32 Å². The summed E-state index contributed by atoms with van der Waals surface area (Å²) in [4.78, 5) is 12.1. The Balaban J connectivity index is 1.67. The molecule has 0 saturated carbocycles. The van der Waals surface area contributed by atoms with E-state index in [1.165, 1.54) is 5.56 Å². The summed E-state index contributed by atoms with van der Waals surface area (Å²) >= 11 is 0. The Hall–Kier alpha value is -1.65. The Bertz CT molecular complexity index is 500. The molecule has 2 heterocycles. The van der Waals surface area contributed by atoms with Crippen LogP contribution in [-0.2, 0) is 20.8 Å². The van der Waals surface area contributed by atoms with Crippen LogP contribution in [0.5, 0.6) is 0 Å². The molecule has 3 rings (SSSR count). The lowest BCUT2D eigenvalue weighted by Gasteiger charge is -2.24. The molecule has 1 N–H and O–H groups in total. The van der Waals surface area contributed by atoms with E-state index < -0.39 is 0 Å². The Labute approximate surface area is 118 Å². The number of carbonyl (C=O) groups excluding carboxylic acids is 1.